The first-order valence-electron chi connectivity index (χ1n) is 12.4. The molecule has 2 aliphatic rings. The van der Waals surface area contributed by atoms with Gasteiger partial charge in [-0.25, -0.2) is 9.97 Å². The fraction of sp³-hybridized carbons (Fsp3) is 0.148. The molecular formula is C27H20ClN9O3. The molecule has 0 fully saturated rings. The first-order valence-corrected chi connectivity index (χ1v) is 12.8. The maximum absolute atomic E-state index is 13.6. The van der Waals surface area contributed by atoms with E-state index in [-0.39, 0.29) is 30.0 Å². The highest BCUT2D eigenvalue weighted by Crippen LogP contribution is 2.38. The Balaban J connectivity index is 1.27. The van der Waals surface area contributed by atoms with Gasteiger partial charge in [0, 0.05) is 28.3 Å². The van der Waals surface area contributed by atoms with Crippen LogP contribution in [0, 0.1) is 5.92 Å². The topological polar surface area (TPSA) is 146 Å². The van der Waals surface area contributed by atoms with Crippen LogP contribution in [-0.4, -0.2) is 52.2 Å². The number of ether oxygens (including phenoxy) is 1. The van der Waals surface area contributed by atoms with E-state index in [1.165, 1.54) is 11.0 Å². The zero-order valence-electron chi connectivity index (χ0n) is 20.8. The van der Waals surface area contributed by atoms with Crippen LogP contribution in [0.1, 0.15) is 17.6 Å². The molecule has 2 aliphatic heterocycles. The van der Waals surface area contributed by atoms with Crippen molar-refractivity contribution in [1.82, 2.24) is 39.7 Å². The maximum atomic E-state index is 13.6. The first-order chi connectivity index (χ1) is 19.5. The number of pyridine rings is 2. The van der Waals surface area contributed by atoms with Crippen molar-refractivity contribution in [2.45, 2.75) is 12.5 Å². The van der Waals surface area contributed by atoms with Gasteiger partial charge in [0.25, 0.3) is 11.5 Å². The lowest BCUT2D eigenvalue weighted by molar-refractivity contribution is -0.118. The quantitative estimate of drug-likeness (QED) is 0.316. The van der Waals surface area contributed by atoms with Gasteiger partial charge >= 0.3 is 0 Å². The number of aromatic nitrogens is 8. The summed E-state index contributed by atoms with van der Waals surface area (Å²) in [4.78, 5) is 37.7. The molecule has 2 atom stereocenters. The Morgan fingerprint density at radius 1 is 1.15 bits per heavy atom. The van der Waals surface area contributed by atoms with Gasteiger partial charge < -0.3 is 19.6 Å². The lowest BCUT2D eigenvalue weighted by Gasteiger charge is -2.18. The minimum atomic E-state index is -0.380. The van der Waals surface area contributed by atoms with E-state index in [1.807, 2.05) is 18.2 Å². The number of halogens is 1. The van der Waals surface area contributed by atoms with E-state index in [2.05, 4.69) is 42.4 Å². The fourth-order valence-corrected chi connectivity index (χ4v) is 5.46. The van der Waals surface area contributed by atoms with Crippen molar-refractivity contribution in [3.63, 3.8) is 0 Å². The maximum Gasteiger partial charge on any atom is 0.262 e. The number of fused-ring (bicyclic) bond motifs is 2. The second kappa shape index (κ2) is 9.27. The molecule has 0 bridgehead atoms. The van der Waals surface area contributed by atoms with Gasteiger partial charge in [-0.05, 0) is 58.8 Å². The Morgan fingerprint density at radius 3 is 2.88 bits per heavy atom. The number of H-pyrrole nitrogens is 1. The number of carbonyl (C=O) groups is 1. The summed E-state index contributed by atoms with van der Waals surface area (Å²) in [5, 5.41) is 14.7. The van der Waals surface area contributed by atoms with Crippen molar-refractivity contribution < 1.29 is 9.53 Å². The molecule has 13 heteroatoms. The van der Waals surface area contributed by atoms with E-state index in [0.717, 1.165) is 11.3 Å². The van der Waals surface area contributed by atoms with Crippen LogP contribution >= 0.6 is 11.6 Å². The second-order valence-corrected chi connectivity index (χ2v) is 9.91. The normalized spacial score (nSPS) is 17.6. The number of aromatic amines is 1. The average molecular weight is 554 g/mol. The van der Waals surface area contributed by atoms with Crippen LogP contribution in [0.2, 0.25) is 5.02 Å². The van der Waals surface area contributed by atoms with Gasteiger partial charge in [-0.2, -0.15) is 4.68 Å². The predicted molar refractivity (Wildman–Crippen MR) is 145 cm³/mol. The largest absolute Gasteiger partial charge is 0.466 e. The summed E-state index contributed by atoms with van der Waals surface area (Å²) in [6.45, 7) is 3.94. The van der Waals surface area contributed by atoms with E-state index in [1.54, 1.807) is 41.1 Å². The lowest BCUT2D eigenvalue weighted by Crippen LogP contribution is -2.26. The summed E-state index contributed by atoms with van der Waals surface area (Å²) in [6.07, 6.45) is 5.61. The number of nitrogens with zero attached hydrogens (tertiary/aromatic N) is 7. The minimum Gasteiger partial charge on any atom is -0.466 e. The first kappa shape index (κ1) is 24.0. The van der Waals surface area contributed by atoms with Crippen molar-refractivity contribution in [2.75, 3.05) is 11.9 Å². The van der Waals surface area contributed by atoms with Crippen molar-refractivity contribution in [3.05, 3.63) is 94.5 Å². The number of hydrogen-bond donors (Lipinski definition) is 2. The highest BCUT2D eigenvalue weighted by molar-refractivity contribution is 6.31. The third-order valence-electron chi connectivity index (χ3n) is 7.07. The molecule has 0 saturated carbocycles. The number of tetrazole rings is 1. The van der Waals surface area contributed by atoms with Crippen molar-refractivity contribution >= 4 is 23.2 Å². The number of allylic oxidation sites excluding steroid dienone is 1. The zero-order chi connectivity index (χ0) is 27.4. The number of anilines is 1. The Morgan fingerprint density at radius 2 is 2.05 bits per heavy atom. The molecule has 198 valence electrons. The molecule has 4 aromatic heterocycles. The summed E-state index contributed by atoms with van der Waals surface area (Å²) < 4.78 is 8.73. The number of benzene rings is 1. The number of imidazole rings is 1. The van der Waals surface area contributed by atoms with Gasteiger partial charge in [0.05, 0.1) is 23.3 Å². The summed E-state index contributed by atoms with van der Waals surface area (Å²) >= 11 is 6.33. The molecule has 0 aliphatic carbocycles. The molecule has 1 aromatic carbocycles. The molecule has 6 heterocycles. The predicted octanol–water partition coefficient (Wildman–Crippen LogP) is 3.21. The molecule has 7 rings (SSSR count). The number of hydrogen-bond acceptors (Lipinski definition) is 8. The van der Waals surface area contributed by atoms with E-state index >= 15 is 0 Å². The van der Waals surface area contributed by atoms with Crippen LogP contribution in [0.25, 0.3) is 28.2 Å². The van der Waals surface area contributed by atoms with E-state index in [9.17, 15) is 9.59 Å². The number of amides is 1. The van der Waals surface area contributed by atoms with Crippen LogP contribution < -0.4 is 15.6 Å². The zero-order valence-corrected chi connectivity index (χ0v) is 21.5. The lowest BCUT2D eigenvalue weighted by atomic mass is 9.98. The van der Waals surface area contributed by atoms with Crippen LogP contribution in [0.4, 0.5) is 5.69 Å². The number of nitrogens with one attached hydrogen (secondary N) is 2. The summed E-state index contributed by atoms with van der Waals surface area (Å²) in [6, 6.07) is 12.0. The van der Waals surface area contributed by atoms with Gasteiger partial charge in [-0.3, -0.25) is 9.59 Å². The van der Waals surface area contributed by atoms with Crippen LogP contribution in [0.3, 0.4) is 0 Å². The van der Waals surface area contributed by atoms with Crippen LogP contribution in [0.5, 0.6) is 5.88 Å². The molecule has 40 heavy (non-hydrogen) atoms. The Labute approximate surface area is 231 Å². The van der Waals surface area contributed by atoms with Crippen molar-refractivity contribution in [2.24, 2.45) is 5.92 Å². The monoisotopic (exact) mass is 553 g/mol. The molecule has 0 spiro atoms. The molecule has 0 saturated heterocycles. The number of carbonyl (C=O) groups excluding carboxylic acids is 1. The van der Waals surface area contributed by atoms with E-state index < -0.39 is 0 Å². The molecule has 0 unspecified atom stereocenters. The highest BCUT2D eigenvalue weighted by Gasteiger charge is 2.35. The van der Waals surface area contributed by atoms with Gasteiger partial charge in [0.1, 0.15) is 23.9 Å². The Bertz CT molecular complexity index is 1860. The molecule has 2 N–H and O–H groups in total. The third kappa shape index (κ3) is 3.96. The second-order valence-electron chi connectivity index (χ2n) is 9.48. The van der Waals surface area contributed by atoms with E-state index in [4.69, 9.17) is 16.3 Å². The number of rotatable bonds is 5. The van der Waals surface area contributed by atoms with Crippen LogP contribution in [0.15, 0.2) is 72.4 Å². The molecule has 1 amide bonds. The molecule has 5 aromatic rings. The fourth-order valence-electron chi connectivity index (χ4n) is 5.29. The summed E-state index contributed by atoms with van der Waals surface area (Å²) in [5.41, 5.74) is 4.57. The Hall–Kier alpha value is -5.10. The smallest absolute Gasteiger partial charge is 0.262 e. The SMILES string of the molecule is C=C[C@H]1Cc2cc(-c3cc(Cl)ccc3-n3cnnn3)cc(=O)n2[C@@H]1c1ncc(-c2ccc3c(n2)OCC(=O)N3)[nH]1. The summed E-state index contributed by atoms with van der Waals surface area (Å²) in [5.74, 6) is 0.653. The van der Waals surface area contributed by atoms with Gasteiger partial charge in [-0.15, -0.1) is 11.7 Å². The van der Waals surface area contributed by atoms with Gasteiger partial charge in [0.2, 0.25) is 5.88 Å². The van der Waals surface area contributed by atoms with Crippen molar-refractivity contribution in [1.29, 1.82) is 0 Å². The molecular weight excluding hydrogens is 534 g/mol. The standard InChI is InChI=1S/C27H20ClN9O3/c1-2-14-7-17-8-15(18-10-16(28)3-6-22(18)36-13-30-34-35-36)9-24(39)37(17)25(14)26-29-11-21(32-26)19-4-5-20-27(33-19)40-12-23(38)31-20/h2-6,8-11,13-14,25H,1,7,12H2,(H,29,32)(H,31,38)/t14-,25-/m0/s1. The van der Waals surface area contributed by atoms with Crippen LogP contribution in [-0.2, 0) is 11.2 Å². The van der Waals surface area contributed by atoms with Gasteiger partial charge in [-0.1, -0.05) is 17.7 Å². The third-order valence-corrected chi connectivity index (χ3v) is 7.31. The molecule has 0 radical (unpaired) electrons. The van der Waals surface area contributed by atoms with Gasteiger partial charge in [0.15, 0.2) is 6.61 Å². The highest BCUT2D eigenvalue weighted by atomic mass is 35.5. The minimum absolute atomic E-state index is 0.0738. The van der Waals surface area contributed by atoms with Crippen molar-refractivity contribution in [3.8, 4) is 34.1 Å². The summed E-state index contributed by atoms with van der Waals surface area (Å²) in [7, 11) is 0. The average Bonchev–Trinajstić information content (AvgIpc) is 3.72. The molecule has 12 nitrogen and oxygen atoms in total. The Kier molecular flexibility index (Phi) is 5.56. The van der Waals surface area contributed by atoms with E-state index in [0.29, 0.717) is 51.5 Å².